The molecule has 1 aromatic carbocycles. The van der Waals surface area contributed by atoms with Crippen molar-refractivity contribution in [3.63, 3.8) is 0 Å². The predicted octanol–water partition coefficient (Wildman–Crippen LogP) is 4.28. The van der Waals surface area contributed by atoms with Crippen LogP contribution in [0, 0.1) is 33.3 Å². The minimum atomic E-state index is -0.501. The van der Waals surface area contributed by atoms with Crippen LogP contribution in [0.25, 0.3) is 0 Å². The summed E-state index contributed by atoms with van der Waals surface area (Å²) in [5.74, 6) is 1.98. The van der Waals surface area contributed by atoms with Gasteiger partial charge in [0.05, 0.1) is 21.0 Å². The Balaban J connectivity index is 1.45. The van der Waals surface area contributed by atoms with Crippen molar-refractivity contribution in [1.82, 2.24) is 5.32 Å². The van der Waals surface area contributed by atoms with Gasteiger partial charge >= 0.3 is 0 Å². The molecule has 2 N–H and O–H groups in total. The molecule has 1 aromatic rings. The molecular weight excluding hydrogens is 374 g/mol. The lowest BCUT2D eigenvalue weighted by molar-refractivity contribution is -0.384. The summed E-state index contributed by atoms with van der Waals surface area (Å²) in [6.07, 6.45) is 6.64. The summed E-state index contributed by atoms with van der Waals surface area (Å²) in [5, 5.41) is 17.0. The molecule has 1 amide bonds. The van der Waals surface area contributed by atoms with Crippen LogP contribution >= 0.6 is 23.8 Å². The molecule has 0 atom stereocenters. The van der Waals surface area contributed by atoms with Gasteiger partial charge in [0, 0.05) is 12.1 Å². The molecule has 4 saturated carbocycles. The molecule has 5 rings (SSSR count). The van der Waals surface area contributed by atoms with Gasteiger partial charge in [0.25, 0.3) is 5.69 Å². The third-order valence-corrected chi connectivity index (χ3v) is 6.69. The Morgan fingerprint density at radius 2 is 1.77 bits per heavy atom. The number of rotatable bonds is 3. The highest BCUT2D eigenvalue weighted by Gasteiger charge is 2.54. The number of nitro benzene ring substituents is 1. The first kappa shape index (κ1) is 17.7. The van der Waals surface area contributed by atoms with Crippen LogP contribution in [0.1, 0.15) is 38.5 Å². The van der Waals surface area contributed by atoms with E-state index < -0.39 is 4.92 Å². The Morgan fingerprint density at radius 3 is 2.31 bits per heavy atom. The van der Waals surface area contributed by atoms with Crippen LogP contribution < -0.4 is 10.6 Å². The predicted molar refractivity (Wildman–Crippen MR) is 103 cm³/mol. The standard InChI is InChI=1S/C18H20ClN3O3S/c19-14-2-1-13(22(24)25)6-15(14)20-17(26)21-16(23)18-7-10-3-11(8-18)5-12(4-10)9-18/h1-2,6,10-12H,3-5,7-9H2,(H2,20,21,23,26). The van der Waals surface area contributed by atoms with E-state index in [4.69, 9.17) is 23.8 Å². The van der Waals surface area contributed by atoms with Crippen molar-refractivity contribution in [1.29, 1.82) is 0 Å². The van der Waals surface area contributed by atoms with Crippen LogP contribution in [0.4, 0.5) is 11.4 Å². The van der Waals surface area contributed by atoms with Crippen molar-refractivity contribution >= 4 is 46.2 Å². The fourth-order valence-corrected chi connectivity index (χ4v) is 5.87. The van der Waals surface area contributed by atoms with E-state index in [0.29, 0.717) is 28.5 Å². The van der Waals surface area contributed by atoms with Crippen LogP contribution in [-0.2, 0) is 4.79 Å². The molecule has 26 heavy (non-hydrogen) atoms. The molecule has 0 aliphatic heterocycles. The summed E-state index contributed by atoms with van der Waals surface area (Å²) < 4.78 is 0. The number of benzene rings is 1. The molecule has 6 nitrogen and oxygen atoms in total. The van der Waals surface area contributed by atoms with E-state index in [1.165, 1.54) is 37.5 Å². The Kier molecular flexibility index (Phi) is 4.39. The van der Waals surface area contributed by atoms with Gasteiger partial charge in [-0.05, 0) is 74.6 Å². The summed E-state index contributed by atoms with van der Waals surface area (Å²) >= 11 is 11.3. The van der Waals surface area contributed by atoms with E-state index in [1.807, 2.05) is 0 Å². The van der Waals surface area contributed by atoms with E-state index in [1.54, 1.807) is 0 Å². The smallest absolute Gasteiger partial charge is 0.271 e. The van der Waals surface area contributed by atoms with Gasteiger partial charge in [0.1, 0.15) is 0 Å². The maximum absolute atomic E-state index is 13.0. The normalized spacial score (nSPS) is 31.5. The molecule has 0 radical (unpaired) electrons. The molecule has 4 aliphatic carbocycles. The largest absolute Gasteiger partial charge is 0.331 e. The quantitative estimate of drug-likeness (QED) is 0.455. The van der Waals surface area contributed by atoms with Crippen LogP contribution in [0.2, 0.25) is 5.02 Å². The fourth-order valence-electron chi connectivity index (χ4n) is 5.50. The number of hydrogen-bond donors (Lipinski definition) is 2. The lowest BCUT2D eigenvalue weighted by atomic mass is 9.49. The first-order chi connectivity index (χ1) is 12.3. The summed E-state index contributed by atoms with van der Waals surface area (Å²) in [5.41, 5.74) is -0.0729. The number of nitrogens with zero attached hydrogens (tertiary/aromatic N) is 1. The van der Waals surface area contributed by atoms with Gasteiger partial charge in [-0.15, -0.1) is 0 Å². The number of nitro groups is 1. The number of carbonyl (C=O) groups excluding carboxylic acids is 1. The topological polar surface area (TPSA) is 84.3 Å². The summed E-state index contributed by atoms with van der Waals surface area (Å²) in [4.78, 5) is 23.4. The van der Waals surface area contributed by atoms with Crippen LogP contribution in [0.3, 0.4) is 0 Å². The summed E-state index contributed by atoms with van der Waals surface area (Å²) in [6.45, 7) is 0. The molecule has 0 heterocycles. The number of halogens is 1. The molecule has 8 heteroatoms. The zero-order valence-corrected chi connectivity index (χ0v) is 15.7. The third-order valence-electron chi connectivity index (χ3n) is 6.16. The van der Waals surface area contributed by atoms with Crippen molar-refractivity contribution in [2.75, 3.05) is 5.32 Å². The maximum Gasteiger partial charge on any atom is 0.271 e. The lowest BCUT2D eigenvalue weighted by Crippen LogP contribution is -2.55. The number of thiocarbonyl (C=S) groups is 1. The van der Waals surface area contributed by atoms with Gasteiger partial charge in [-0.1, -0.05) is 11.6 Å². The van der Waals surface area contributed by atoms with Crippen LogP contribution in [0.15, 0.2) is 18.2 Å². The first-order valence-electron chi connectivity index (χ1n) is 8.91. The van der Waals surface area contributed by atoms with Gasteiger partial charge < -0.3 is 10.6 Å². The molecule has 4 bridgehead atoms. The number of nitrogens with one attached hydrogen (secondary N) is 2. The van der Waals surface area contributed by atoms with E-state index in [2.05, 4.69) is 10.6 Å². The number of hydrogen-bond acceptors (Lipinski definition) is 4. The van der Waals surface area contributed by atoms with Gasteiger partial charge in [0.2, 0.25) is 5.91 Å². The van der Waals surface area contributed by atoms with Gasteiger partial charge in [-0.3, -0.25) is 14.9 Å². The fraction of sp³-hybridized carbons (Fsp3) is 0.556. The molecule has 4 aliphatic rings. The summed E-state index contributed by atoms with van der Waals surface area (Å²) in [7, 11) is 0. The Bertz CT molecular complexity index is 763. The number of non-ortho nitro benzene ring substituents is 1. The molecule has 4 fully saturated rings. The molecule has 0 spiro atoms. The number of carbonyl (C=O) groups is 1. The first-order valence-corrected chi connectivity index (χ1v) is 9.70. The molecule has 0 saturated heterocycles. The Hall–Kier alpha value is -1.73. The zero-order valence-electron chi connectivity index (χ0n) is 14.2. The van der Waals surface area contributed by atoms with Crippen molar-refractivity contribution in [3.05, 3.63) is 33.3 Å². The Morgan fingerprint density at radius 1 is 1.19 bits per heavy atom. The molecular formula is C18H20ClN3O3S. The molecule has 138 valence electrons. The van der Waals surface area contributed by atoms with Crippen molar-refractivity contribution in [3.8, 4) is 0 Å². The van der Waals surface area contributed by atoms with Gasteiger partial charge in [-0.25, -0.2) is 0 Å². The second-order valence-corrected chi connectivity index (χ2v) is 8.84. The average molecular weight is 394 g/mol. The molecule has 0 unspecified atom stereocenters. The highest BCUT2D eigenvalue weighted by molar-refractivity contribution is 7.80. The highest BCUT2D eigenvalue weighted by atomic mass is 35.5. The highest BCUT2D eigenvalue weighted by Crippen LogP contribution is 2.60. The van der Waals surface area contributed by atoms with E-state index in [9.17, 15) is 14.9 Å². The SMILES string of the molecule is O=C(NC(=S)Nc1cc([N+](=O)[O-])ccc1Cl)C12CC3CC(CC(C3)C1)C2. The molecule has 0 aromatic heterocycles. The monoisotopic (exact) mass is 393 g/mol. The maximum atomic E-state index is 13.0. The second kappa shape index (κ2) is 6.46. The Labute approximate surface area is 161 Å². The average Bonchev–Trinajstić information content (AvgIpc) is 2.55. The van der Waals surface area contributed by atoms with Crippen LogP contribution in [0.5, 0.6) is 0 Å². The minimum absolute atomic E-state index is 0.0179. The number of amides is 1. The van der Waals surface area contributed by atoms with Gasteiger partial charge in [0.15, 0.2) is 5.11 Å². The van der Waals surface area contributed by atoms with Gasteiger partial charge in [-0.2, -0.15) is 0 Å². The van der Waals surface area contributed by atoms with E-state index in [-0.39, 0.29) is 22.1 Å². The van der Waals surface area contributed by atoms with Crippen molar-refractivity contribution in [2.45, 2.75) is 38.5 Å². The van der Waals surface area contributed by atoms with E-state index >= 15 is 0 Å². The number of anilines is 1. The van der Waals surface area contributed by atoms with Crippen molar-refractivity contribution < 1.29 is 9.72 Å². The zero-order chi connectivity index (χ0) is 18.5. The van der Waals surface area contributed by atoms with E-state index in [0.717, 1.165) is 19.3 Å². The van der Waals surface area contributed by atoms with Crippen LogP contribution in [-0.4, -0.2) is 15.9 Å². The van der Waals surface area contributed by atoms with Crippen molar-refractivity contribution in [2.24, 2.45) is 23.2 Å². The lowest BCUT2D eigenvalue weighted by Gasteiger charge is -2.55. The minimum Gasteiger partial charge on any atom is -0.331 e. The summed E-state index contributed by atoms with van der Waals surface area (Å²) in [6, 6.07) is 4.07. The second-order valence-electron chi connectivity index (χ2n) is 8.03. The third kappa shape index (κ3) is 3.18.